The maximum Gasteiger partial charge on any atom is 0.251 e. The van der Waals surface area contributed by atoms with E-state index >= 15 is 0 Å². The molecule has 0 spiro atoms. The minimum absolute atomic E-state index is 0.338. The number of hydrogen-bond acceptors (Lipinski definition) is 2. The standard InChI is InChI=1S/C12H16FNO2/c1-8(14-11(15)12(2,3)16)9-5-4-6-10(13)7-9/h4-8,16H,1-3H3,(H,14,15). The Kier molecular flexibility index (Phi) is 3.65. The third-order valence-corrected chi connectivity index (χ3v) is 2.25. The molecule has 3 nitrogen and oxygen atoms in total. The van der Waals surface area contributed by atoms with Gasteiger partial charge in [0.1, 0.15) is 11.4 Å². The van der Waals surface area contributed by atoms with Crippen molar-refractivity contribution in [3.63, 3.8) is 0 Å². The summed E-state index contributed by atoms with van der Waals surface area (Å²) in [6, 6.07) is 5.66. The Morgan fingerprint density at radius 3 is 2.62 bits per heavy atom. The summed E-state index contributed by atoms with van der Waals surface area (Å²) in [5.41, 5.74) is -0.765. The molecule has 0 aliphatic carbocycles. The van der Waals surface area contributed by atoms with E-state index in [1.165, 1.54) is 26.0 Å². The molecule has 0 aromatic heterocycles. The Labute approximate surface area is 94.3 Å². The molecule has 16 heavy (non-hydrogen) atoms. The normalized spacial score (nSPS) is 13.3. The van der Waals surface area contributed by atoms with E-state index in [9.17, 15) is 14.3 Å². The highest BCUT2D eigenvalue weighted by Crippen LogP contribution is 2.14. The first kappa shape index (κ1) is 12.6. The molecule has 1 atom stereocenters. The zero-order valence-corrected chi connectivity index (χ0v) is 9.62. The molecule has 1 amide bonds. The third kappa shape index (κ3) is 3.31. The smallest absolute Gasteiger partial charge is 0.251 e. The molecule has 0 heterocycles. The van der Waals surface area contributed by atoms with Gasteiger partial charge in [-0.1, -0.05) is 12.1 Å². The number of carbonyl (C=O) groups is 1. The van der Waals surface area contributed by atoms with Gasteiger partial charge in [0.2, 0.25) is 0 Å². The second kappa shape index (κ2) is 4.61. The Bertz CT molecular complexity index is 385. The number of halogens is 1. The van der Waals surface area contributed by atoms with Gasteiger partial charge in [-0.05, 0) is 38.5 Å². The highest BCUT2D eigenvalue weighted by Gasteiger charge is 2.25. The van der Waals surface area contributed by atoms with E-state index in [1.54, 1.807) is 19.1 Å². The zero-order valence-electron chi connectivity index (χ0n) is 9.62. The molecular weight excluding hydrogens is 209 g/mol. The molecule has 0 aliphatic rings. The van der Waals surface area contributed by atoms with Crippen molar-refractivity contribution in [2.24, 2.45) is 0 Å². The number of rotatable bonds is 3. The van der Waals surface area contributed by atoms with Gasteiger partial charge in [0, 0.05) is 0 Å². The first-order valence-electron chi connectivity index (χ1n) is 5.09. The van der Waals surface area contributed by atoms with Crippen molar-refractivity contribution < 1.29 is 14.3 Å². The number of nitrogens with one attached hydrogen (secondary N) is 1. The van der Waals surface area contributed by atoms with Crippen LogP contribution in [0, 0.1) is 5.82 Å². The highest BCUT2D eigenvalue weighted by molar-refractivity contribution is 5.84. The first-order valence-corrected chi connectivity index (χ1v) is 5.09. The molecular formula is C12H16FNO2. The fourth-order valence-electron chi connectivity index (χ4n) is 1.23. The second-order valence-electron chi connectivity index (χ2n) is 4.31. The summed E-state index contributed by atoms with van der Waals surface area (Å²) in [7, 11) is 0. The summed E-state index contributed by atoms with van der Waals surface area (Å²) in [5.74, 6) is -0.828. The molecule has 0 saturated heterocycles. The van der Waals surface area contributed by atoms with Crippen LogP contribution in [0.3, 0.4) is 0 Å². The molecule has 0 saturated carbocycles. The minimum atomic E-state index is -1.43. The fraction of sp³-hybridized carbons (Fsp3) is 0.417. The molecule has 4 heteroatoms. The van der Waals surface area contributed by atoms with Crippen LogP contribution < -0.4 is 5.32 Å². The van der Waals surface area contributed by atoms with Crippen LogP contribution in [0.15, 0.2) is 24.3 Å². The number of amides is 1. The van der Waals surface area contributed by atoms with E-state index < -0.39 is 11.5 Å². The molecule has 0 radical (unpaired) electrons. The van der Waals surface area contributed by atoms with Crippen LogP contribution in [0.4, 0.5) is 4.39 Å². The van der Waals surface area contributed by atoms with Crippen molar-refractivity contribution in [2.45, 2.75) is 32.4 Å². The largest absolute Gasteiger partial charge is 0.381 e. The first-order chi connectivity index (χ1) is 7.30. The van der Waals surface area contributed by atoms with Crippen LogP contribution in [0.5, 0.6) is 0 Å². The number of hydrogen-bond donors (Lipinski definition) is 2. The average molecular weight is 225 g/mol. The molecule has 88 valence electrons. The van der Waals surface area contributed by atoms with Crippen LogP contribution in [0.1, 0.15) is 32.4 Å². The van der Waals surface area contributed by atoms with Gasteiger partial charge in [-0.15, -0.1) is 0 Å². The lowest BCUT2D eigenvalue weighted by Crippen LogP contribution is -2.42. The Balaban J connectivity index is 2.73. The van der Waals surface area contributed by atoms with E-state index in [-0.39, 0.29) is 11.9 Å². The molecule has 0 bridgehead atoms. The maximum absolute atomic E-state index is 12.9. The Hall–Kier alpha value is -1.42. The zero-order chi connectivity index (χ0) is 12.3. The summed E-state index contributed by atoms with van der Waals surface area (Å²) >= 11 is 0. The van der Waals surface area contributed by atoms with E-state index in [0.29, 0.717) is 5.56 Å². The van der Waals surface area contributed by atoms with E-state index in [4.69, 9.17) is 0 Å². The maximum atomic E-state index is 12.9. The van der Waals surface area contributed by atoms with Crippen molar-refractivity contribution in [1.82, 2.24) is 5.32 Å². The van der Waals surface area contributed by atoms with Crippen molar-refractivity contribution >= 4 is 5.91 Å². The lowest BCUT2D eigenvalue weighted by molar-refractivity contribution is -0.137. The van der Waals surface area contributed by atoms with Crippen molar-refractivity contribution in [3.8, 4) is 0 Å². The van der Waals surface area contributed by atoms with Crippen LogP contribution in [0.25, 0.3) is 0 Å². The Morgan fingerprint density at radius 2 is 2.12 bits per heavy atom. The number of benzene rings is 1. The molecule has 1 unspecified atom stereocenters. The molecule has 0 aliphatic heterocycles. The quantitative estimate of drug-likeness (QED) is 0.823. The topological polar surface area (TPSA) is 49.3 Å². The summed E-state index contributed by atoms with van der Waals surface area (Å²) in [6.45, 7) is 4.54. The van der Waals surface area contributed by atoms with Gasteiger partial charge in [-0.3, -0.25) is 4.79 Å². The summed E-state index contributed by atoms with van der Waals surface area (Å²) in [5, 5.41) is 12.1. The van der Waals surface area contributed by atoms with Gasteiger partial charge in [0.15, 0.2) is 0 Å². The molecule has 1 rings (SSSR count). The van der Waals surface area contributed by atoms with Gasteiger partial charge >= 0.3 is 0 Å². The predicted molar refractivity (Wildman–Crippen MR) is 59.3 cm³/mol. The van der Waals surface area contributed by atoms with Crippen molar-refractivity contribution in [1.29, 1.82) is 0 Å². The van der Waals surface area contributed by atoms with Crippen LogP contribution >= 0.6 is 0 Å². The van der Waals surface area contributed by atoms with Gasteiger partial charge in [0.05, 0.1) is 6.04 Å². The van der Waals surface area contributed by atoms with E-state index in [0.717, 1.165) is 0 Å². The number of aliphatic hydroxyl groups is 1. The van der Waals surface area contributed by atoms with E-state index in [1.807, 2.05) is 0 Å². The van der Waals surface area contributed by atoms with Gasteiger partial charge < -0.3 is 10.4 Å². The number of carbonyl (C=O) groups excluding carboxylic acids is 1. The van der Waals surface area contributed by atoms with Crippen LogP contribution in [-0.4, -0.2) is 16.6 Å². The summed E-state index contributed by atoms with van der Waals surface area (Å²) in [6.07, 6.45) is 0. The lowest BCUT2D eigenvalue weighted by atomic mass is 10.1. The monoisotopic (exact) mass is 225 g/mol. The van der Waals surface area contributed by atoms with Crippen LogP contribution in [-0.2, 0) is 4.79 Å². The Morgan fingerprint density at radius 1 is 1.50 bits per heavy atom. The average Bonchev–Trinajstić information content (AvgIpc) is 2.16. The second-order valence-corrected chi connectivity index (χ2v) is 4.31. The predicted octanol–water partition coefficient (Wildman–Crippen LogP) is 1.77. The van der Waals surface area contributed by atoms with Gasteiger partial charge in [-0.2, -0.15) is 0 Å². The van der Waals surface area contributed by atoms with E-state index in [2.05, 4.69) is 5.32 Å². The third-order valence-electron chi connectivity index (χ3n) is 2.25. The van der Waals surface area contributed by atoms with Crippen molar-refractivity contribution in [3.05, 3.63) is 35.6 Å². The highest BCUT2D eigenvalue weighted by atomic mass is 19.1. The molecule has 0 fully saturated rings. The molecule has 1 aromatic rings. The van der Waals surface area contributed by atoms with Gasteiger partial charge in [-0.25, -0.2) is 4.39 Å². The van der Waals surface area contributed by atoms with Crippen molar-refractivity contribution in [2.75, 3.05) is 0 Å². The minimum Gasteiger partial charge on any atom is -0.381 e. The van der Waals surface area contributed by atoms with Crippen LogP contribution in [0.2, 0.25) is 0 Å². The molecule has 2 N–H and O–H groups in total. The fourth-order valence-corrected chi connectivity index (χ4v) is 1.23. The SMILES string of the molecule is CC(NC(=O)C(C)(C)O)c1cccc(F)c1. The molecule has 1 aromatic carbocycles. The lowest BCUT2D eigenvalue weighted by Gasteiger charge is -2.21. The summed E-state index contributed by atoms with van der Waals surface area (Å²) < 4.78 is 12.9. The van der Waals surface area contributed by atoms with Gasteiger partial charge in [0.25, 0.3) is 5.91 Å². The summed E-state index contributed by atoms with van der Waals surface area (Å²) in [4.78, 5) is 11.5.